The molecule has 0 unspecified atom stereocenters. The summed E-state index contributed by atoms with van der Waals surface area (Å²) in [6.45, 7) is 3.37. The van der Waals surface area contributed by atoms with Crippen molar-refractivity contribution in [2.45, 2.75) is 20.0 Å². The first-order chi connectivity index (χ1) is 8.66. The molecule has 0 aromatic heterocycles. The molecule has 0 bridgehead atoms. The minimum Gasteiger partial charge on any atom is -0.309 e. The second-order valence-corrected chi connectivity index (χ2v) is 4.68. The fourth-order valence-corrected chi connectivity index (χ4v) is 2.04. The van der Waals surface area contributed by atoms with Gasteiger partial charge in [-0.15, -0.1) is 0 Å². The van der Waals surface area contributed by atoms with Gasteiger partial charge in [-0.3, -0.25) is 0 Å². The van der Waals surface area contributed by atoms with Crippen LogP contribution in [-0.2, 0) is 13.1 Å². The van der Waals surface area contributed by atoms with E-state index in [4.69, 9.17) is 11.6 Å². The van der Waals surface area contributed by atoms with Crippen LogP contribution in [0.5, 0.6) is 0 Å². The number of rotatable bonds is 4. The Balaban J connectivity index is 1.94. The Kier molecular flexibility index (Phi) is 4.34. The predicted molar refractivity (Wildman–Crippen MR) is 73.1 cm³/mol. The smallest absolute Gasteiger partial charge is 0.142 e. The molecule has 2 aromatic carbocycles. The van der Waals surface area contributed by atoms with Crippen LogP contribution in [0.1, 0.15) is 16.7 Å². The predicted octanol–water partition coefficient (Wildman–Crippen LogP) is 4.08. The largest absolute Gasteiger partial charge is 0.309 e. The third-order valence-electron chi connectivity index (χ3n) is 2.76. The van der Waals surface area contributed by atoms with Gasteiger partial charge in [-0.25, -0.2) is 4.39 Å². The molecule has 0 saturated heterocycles. The lowest BCUT2D eigenvalue weighted by molar-refractivity contribution is 0.620. The summed E-state index contributed by atoms with van der Waals surface area (Å²) < 4.78 is 13.2. The van der Waals surface area contributed by atoms with Crippen molar-refractivity contribution in [2.75, 3.05) is 0 Å². The molecule has 2 rings (SSSR count). The van der Waals surface area contributed by atoms with Crippen molar-refractivity contribution in [2.24, 2.45) is 0 Å². The van der Waals surface area contributed by atoms with E-state index in [1.54, 1.807) is 6.07 Å². The minimum absolute atomic E-state index is 0.203. The zero-order valence-electron chi connectivity index (χ0n) is 10.2. The molecule has 0 aliphatic carbocycles. The molecule has 1 N–H and O–H groups in total. The molecule has 0 atom stereocenters. The van der Waals surface area contributed by atoms with E-state index in [1.807, 2.05) is 12.1 Å². The highest BCUT2D eigenvalue weighted by Crippen LogP contribution is 2.19. The standard InChI is InChI=1S/C15H15ClFN/c1-11-4-2-5-12(8-11)9-18-10-13-6-3-7-14(17)15(13)16/h2-8,18H,9-10H2,1H3. The van der Waals surface area contributed by atoms with E-state index in [9.17, 15) is 4.39 Å². The lowest BCUT2D eigenvalue weighted by Crippen LogP contribution is -2.13. The maximum atomic E-state index is 13.2. The number of aryl methyl sites for hydroxylation is 1. The molecule has 0 fully saturated rings. The van der Waals surface area contributed by atoms with Gasteiger partial charge in [0, 0.05) is 13.1 Å². The molecule has 18 heavy (non-hydrogen) atoms. The average molecular weight is 264 g/mol. The maximum Gasteiger partial charge on any atom is 0.142 e. The van der Waals surface area contributed by atoms with Gasteiger partial charge in [-0.1, -0.05) is 53.6 Å². The first kappa shape index (κ1) is 13.1. The van der Waals surface area contributed by atoms with Crippen molar-refractivity contribution < 1.29 is 4.39 Å². The number of hydrogen-bond acceptors (Lipinski definition) is 1. The van der Waals surface area contributed by atoms with Crippen LogP contribution in [-0.4, -0.2) is 0 Å². The molecule has 0 radical (unpaired) electrons. The zero-order chi connectivity index (χ0) is 13.0. The van der Waals surface area contributed by atoms with Crippen LogP contribution in [0.25, 0.3) is 0 Å². The highest BCUT2D eigenvalue weighted by molar-refractivity contribution is 6.31. The first-order valence-electron chi connectivity index (χ1n) is 5.86. The molecule has 3 heteroatoms. The number of halogens is 2. The molecular weight excluding hydrogens is 249 g/mol. The fraction of sp³-hybridized carbons (Fsp3) is 0.200. The highest BCUT2D eigenvalue weighted by atomic mass is 35.5. The van der Waals surface area contributed by atoms with E-state index in [0.29, 0.717) is 6.54 Å². The van der Waals surface area contributed by atoms with Crippen molar-refractivity contribution in [1.82, 2.24) is 5.32 Å². The number of hydrogen-bond donors (Lipinski definition) is 1. The lowest BCUT2D eigenvalue weighted by Gasteiger charge is -2.08. The van der Waals surface area contributed by atoms with E-state index in [1.165, 1.54) is 17.2 Å². The summed E-state index contributed by atoms with van der Waals surface area (Å²) in [6.07, 6.45) is 0. The average Bonchev–Trinajstić information content (AvgIpc) is 2.35. The van der Waals surface area contributed by atoms with E-state index in [-0.39, 0.29) is 10.8 Å². The Bertz CT molecular complexity index is 540. The van der Waals surface area contributed by atoms with Crippen molar-refractivity contribution >= 4 is 11.6 Å². The van der Waals surface area contributed by atoms with Crippen molar-refractivity contribution in [3.63, 3.8) is 0 Å². The topological polar surface area (TPSA) is 12.0 Å². The lowest BCUT2D eigenvalue weighted by atomic mass is 10.1. The first-order valence-corrected chi connectivity index (χ1v) is 6.24. The van der Waals surface area contributed by atoms with Crippen LogP contribution < -0.4 is 5.32 Å². The van der Waals surface area contributed by atoms with Crippen LogP contribution in [0, 0.1) is 12.7 Å². The SMILES string of the molecule is Cc1cccc(CNCc2cccc(F)c2Cl)c1. The Labute approximate surface area is 112 Å². The van der Waals surface area contributed by atoms with Crippen LogP contribution >= 0.6 is 11.6 Å². The minimum atomic E-state index is -0.369. The molecule has 0 aliphatic heterocycles. The maximum absolute atomic E-state index is 13.2. The highest BCUT2D eigenvalue weighted by Gasteiger charge is 2.04. The molecule has 2 aromatic rings. The molecule has 1 nitrogen and oxygen atoms in total. The van der Waals surface area contributed by atoms with Gasteiger partial charge >= 0.3 is 0 Å². The third kappa shape index (κ3) is 3.31. The van der Waals surface area contributed by atoms with E-state index < -0.39 is 0 Å². The molecule has 0 aliphatic rings. The summed E-state index contributed by atoms with van der Waals surface area (Å²) in [5.41, 5.74) is 3.23. The van der Waals surface area contributed by atoms with Gasteiger partial charge in [-0.2, -0.15) is 0 Å². The fourth-order valence-electron chi connectivity index (χ4n) is 1.85. The molecule has 0 amide bonds. The Morgan fingerprint density at radius 3 is 2.67 bits per heavy atom. The van der Waals surface area contributed by atoms with E-state index in [2.05, 4.69) is 30.4 Å². The van der Waals surface area contributed by atoms with Gasteiger partial charge in [-0.05, 0) is 24.1 Å². The Morgan fingerprint density at radius 2 is 1.89 bits per heavy atom. The number of benzene rings is 2. The Hall–Kier alpha value is -1.38. The summed E-state index contributed by atoms with van der Waals surface area (Å²) in [5.74, 6) is -0.369. The molecule has 0 heterocycles. The number of nitrogens with one attached hydrogen (secondary N) is 1. The molecule has 94 valence electrons. The van der Waals surface area contributed by atoms with Gasteiger partial charge in [0.05, 0.1) is 5.02 Å². The van der Waals surface area contributed by atoms with Crippen molar-refractivity contribution in [3.8, 4) is 0 Å². The second-order valence-electron chi connectivity index (χ2n) is 4.31. The van der Waals surface area contributed by atoms with E-state index in [0.717, 1.165) is 12.1 Å². The van der Waals surface area contributed by atoms with Crippen molar-refractivity contribution in [1.29, 1.82) is 0 Å². The quantitative estimate of drug-likeness (QED) is 0.877. The van der Waals surface area contributed by atoms with E-state index >= 15 is 0 Å². The van der Waals surface area contributed by atoms with Crippen LogP contribution in [0.15, 0.2) is 42.5 Å². The van der Waals surface area contributed by atoms with Crippen LogP contribution in [0.4, 0.5) is 4.39 Å². The van der Waals surface area contributed by atoms with Crippen LogP contribution in [0.2, 0.25) is 5.02 Å². The zero-order valence-corrected chi connectivity index (χ0v) is 11.0. The third-order valence-corrected chi connectivity index (χ3v) is 3.18. The molecule has 0 saturated carbocycles. The van der Waals surface area contributed by atoms with Gasteiger partial charge in [0.15, 0.2) is 0 Å². The van der Waals surface area contributed by atoms with Gasteiger partial charge < -0.3 is 5.32 Å². The van der Waals surface area contributed by atoms with Crippen molar-refractivity contribution in [3.05, 3.63) is 70.0 Å². The molecular formula is C15H15ClFN. The summed E-state index contributed by atoms with van der Waals surface area (Å²) in [7, 11) is 0. The Morgan fingerprint density at radius 1 is 1.11 bits per heavy atom. The second kappa shape index (κ2) is 5.98. The summed E-state index contributed by atoms with van der Waals surface area (Å²) in [5, 5.41) is 3.47. The monoisotopic (exact) mass is 263 g/mol. The summed E-state index contributed by atoms with van der Waals surface area (Å²) >= 11 is 5.89. The van der Waals surface area contributed by atoms with Gasteiger partial charge in [0.2, 0.25) is 0 Å². The molecule has 0 spiro atoms. The van der Waals surface area contributed by atoms with Crippen LogP contribution in [0.3, 0.4) is 0 Å². The summed E-state index contributed by atoms with van der Waals surface area (Å²) in [6, 6.07) is 13.1. The normalized spacial score (nSPS) is 10.6. The van der Waals surface area contributed by atoms with Gasteiger partial charge in [0.1, 0.15) is 5.82 Å². The summed E-state index contributed by atoms with van der Waals surface area (Å²) in [4.78, 5) is 0. The van der Waals surface area contributed by atoms with Gasteiger partial charge in [0.25, 0.3) is 0 Å².